The van der Waals surface area contributed by atoms with Crippen molar-refractivity contribution in [2.24, 2.45) is 0 Å². The Morgan fingerprint density at radius 1 is 0.755 bits per heavy atom. The van der Waals surface area contributed by atoms with Gasteiger partial charge in [0.1, 0.15) is 0 Å². The van der Waals surface area contributed by atoms with E-state index in [0.717, 1.165) is 41.3 Å². The van der Waals surface area contributed by atoms with Crippen molar-refractivity contribution in [3.63, 3.8) is 0 Å². The molecule has 2 aliphatic carbocycles. The van der Waals surface area contributed by atoms with E-state index in [1.165, 1.54) is 70.1 Å². The predicted molar refractivity (Wildman–Crippen MR) is 221 cm³/mol. The van der Waals surface area contributed by atoms with Crippen molar-refractivity contribution in [2.45, 2.75) is 38.6 Å². The van der Waals surface area contributed by atoms with Crippen LogP contribution in [0.3, 0.4) is 0 Å². The highest BCUT2D eigenvalue weighted by Gasteiger charge is 2.41. The van der Waals surface area contributed by atoms with Gasteiger partial charge in [-0.25, -0.2) is 9.67 Å². The number of nitrogens with zero attached hydrogens (tertiary/aromatic N) is 4. The summed E-state index contributed by atoms with van der Waals surface area (Å²) in [5, 5.41) is 9.15. The zero-order valence-electron chi connectivity index (χ0n) is 29.7. The van der Waals surface area contributed by atoms with Crippen LogP contribution in [0.5, 0.6) is 0 Å². The van der Waals surface area contributed by atoms with Crippen molar-refractivity contribution in [1.29, 1.82) is 0 Å². The van der Waals surface area contributed by atoms with Gasteiger partial charge in [0.2, 0.25) is 0 Å². The van der Waals surface area contributed by atoms with E-state index in [-0.39, 0.29) is 5.41 Å². The van der Waals surface area contributed by atoms with Crippen molar-refractivity contribution in [2.75, 3.05) is 0 Å². The standard InChI is InChI=1S/C48H36N4S/c1-48(2)37-25-12-9-22-34(37)40-41-35-23-10-13-26-38(35)52(44(41)42-36-24-11-14-27-39(36)53-45(42)43(40)48)33-21-15-16-30(28-33)29-51-47(32-19-7-4-8-20-32)49-46(50-51)31-17-5-3-6-18-31/h3-13,15-26,28H,14,27,29H2,1-2H3. The molecule has 0 radical (unpaired) electrons. The van der Waals surface area contributed by atoms with E-state index in [9.17, 15) is 0 Å². The smallest absolute Gasteiger partial charge is 0.181 e. The highest BCUT2D eigenvalue weighted by molar-refractivity contribution is 7.20. The van der Waals surface area contributed by atoms with Gasteiger partial charge in [-0.3, -0.25) is 0 Å². The number of aryl methyl sites for hydroxylation is 1. The molecule has 6 aromatic carbocycles. The second-order valence-electron chi connectivity index (χ2n) is 14.9. The maximum Gasteiger partial charge on any atom is 0.181 e. The van der Waals surface area contributed by atoms with Gasteiger partial charge in [-0.1, -0.05) is 141 Å². The van der Waals surface area contributed by atoms with Gasteiger partial charge in [0.15, 0.2) is 11.6 Å². The monoisotopic (exact) mass is 700 g/mol. The topological polar surface area (TPSA) is 35.6 Å². The van der Waals surface area contributed by atoms with E-state index < -0.39 is 0 Å². The second-order valence-corrected chi connectivity index (χ2v) is 16.0. The number of allylic oxidation sites excluding steroid dienone is 1. The molecule has 0 aliphatic heterocycles. The molecule has 0 spiro atoms. The average molecular weight is 701 g/mol. The highest BCUT2D eigenvalue weighted by atomic mass is 32.1. The predicted octanol–water partition coefficient (Wildman–Crippen LogP) is 12.2. The number of hydrogen-bond acceptors (Lipinski definition) is 3. The minimum Gasteiger partial charge on any atom is -0.309 e. The molecule has 9 aromatic rings. The first-order chi connectivity index (χ1) is 26.1. The molecule has 0 fully saturated rings. The van der Waals surface area contributed by atoms with Gasteiger partial charge in [-0.15, -0.1) is 11.3 Å². The second kappa shape index (κ2) is 11.5. The van der Waals surface area contributed by atoms with Gasteiger partial charge >= 0.3 is 0 Å². The summed E-state index contributed by atoms with van der Waals surface area (Å²) in [5.74, 6) is 1.60. The first-order valence-corrected chi connectivity index (χ1v) is 19.3. The summed E-state index contributed by atoms with van der Waals surface area (Å²) in [6, 6.07) is 47.9. The summed E-state index contributed by atoms with van der Waals surface area (Å²) >= 11 is 2.03. The fraction of sp³-hybridized carbons (Fsp3) is 0.125. The number of benzene rings is 6. The van der Waals surface area contributed by atoms with Crippen LogP contribution >= 0.6 is 11.3 Å². The van der Waals surface area contributed by atoms with Crippen LogP contribution in [0.1, 0.15) is 47.4 Å². The molecule has 3 aromatic heterocycles. The number of fused-ring (bicyclic) bond motifs is 12. The van der Waals surface area contributed by atoms with Crippen LogP contribution in [-0.4, -0.2) is 19.3 Å². The molecule has 254 valence electrons. The molecule has 11 rings (SSSR count). The molecule has 53 heavy (non-hydrogen) atoms. The first kappa shape index (κ1) is 30.6. The average Bonchev–Trinajstić information content (AvgIpc) is 3.94. The molecule has 3 heterocycles. The van der Waals surface area contributed by atoms with Gasteiger partial charge in [0.05, 0.1) is 17.6 Å². The number of para-hydroxylation sites is 1. The maximum atomic E-state index is 5.09. The molecule has 0 bridgehead atoms. The number of aromatic nitrogens is 4. The molecule has 2 aliphatic rings. The zero-order chi connectivity index (χ0) is 35.3. The Labute approximate surface area is 312 Å². The van der Waals surface area contributed by atoms with E-state index in [0.29, 0.717) is 6.54 Å². The first-order valence-electron chi connectivity index (χ1n) is 18.5. The SMILES string of the molecule is CC1(C)c2ccccc2-c2c1c1sc3c(c1c1c2c2ccccc2n1-c1cccc(Cn2nc(-c4ccccc4)nc2-c2ccccc2)c1)C=CCC3. The van der Waals surface area contributed by atoms with Crippen LogP contribution in [-0.2, 0) is 18.4 Å². The Hall–Kier alpha value is -6.04. The third-order valence-corrected chi connectivity index (χ3v) is 12.7. The third-order valence-electron chi connectivity index (χ3n) is 11.4. The lowest BCUT2D eigenvalue weighted by molar-refractivity contribution is 0.667. The Morgan fingerprint density at radius 3 is 2.36 bits per heavy atom. The molecule has 5 heteroatoms. The summed E-state index contributed by atoms with van der Waals surface area (Å²) in [6.07, 6.45) is 6.96. The molecular formula is C48H36N4S. The molecule has 0 atom stereocenters. The molecular weight excluding hydrogens is 665 g/mol. The number of rotatable bonds is 5. The van der Waals surface area contributed by atoms with Crippen LogP contribution in [0.25, 0.3) is 77.6 Å². The number of hydrogen-bond donors (Lipinski definition) is 0. The summed E-state index contributed by atoms with van der Waals surface area (Å²) < 4.78 is 6.05. The van der Waals surface area contributed by atoms with Crippen molar-refractivity contribution in [1.82, 2.24) is 19.3 Å². The third kappa shape index (κ3) is 4.47. The lowest BCUT2D eigenvalue weighted by Gasteiger charge is -2.22. The van der Waals surface area contributed by atoms with E-state index >= 15 is 0 Å². The van der Waals surface area contributed by atoms with Gasteiger partial charge in [-0.2, -0.15) is 5.10 Å². The van der Waals surface area contributed by atoms with Crippen molar-refractivity contribution >= 4 is 49.3 Å². The summed E-state index contributed by atoms with van der Waals surface area (Å²) in [6.45, 7) is 5.45. The van der Waals surface area contributed by atoms with Crippen molar-refractivity contribution < 1.29 is 0 Å². The fourth-order valence-electron chi connectivity index (χ4n) is 9.09. The highest BCUT2D eigenvalue weighted by Crippen LogP contribution is 2.59. The van der Waals surface area contributed by atoms with E-state index in [1.807, 2.05) is 35.6 Å². The van der Waals surface area contributed by atoms with E-state index in [4.69, 9.17) is 10.1 Å². The van der Waals surface area contributed by atoms with Crippen LogP contribution in [0.15, 0.2) is 140 Å². The molecule has 0 amide bonds. The molecule has 4 nitrogen and oxygen atoms in total. The maximum absolute atomic E-state index is 5.09. The molecule has 0 saturated carbocycles. The Kier molecular flexibility index (Phi) is 6.62. The summed E-state index contributed by atoms with van der Waals surface area (Å²) in [5.41, 5.74) is 13.9. The fourth-order valence-corrected chi connectivity index (χ4v) is 10.6. The quantitative estimate of drug-likeness (QED) is 0.179. The number of thiophene rings is 1. The molecule has 0 saturated heterocycles. The van der Waals surface area contributed by atoms with Crippen LogP contribution in [0, 0.1) is 0 Å². The van der Waals surface area contributed by atoms with Gasteiger partial charge < -0.3 is 4.57 Å². The van der Waals surface area contributed by atoms with Crippen molar-refractivity contribution in [3.8, 4) is 39.6 Å². The van der Waals surface area contributed by atoms with Crippen LogP contribution in [0.4, 0.5) is 0 Å². The minimum atomic E-state index is -0.106. The minimum absolute atomic E-state index is 0.106. The van der Waals surface area contributed by atoms with Crippen molar-refractivity contribution in [3.05, 3.63) is 167 Å². The Bertz CT molecular complexity index is 2940. The van der Waals surface area contributed by atoms with E-state index in [2.05, 4.69) is 144 Å². The molecule has 0 unspecified atom stereocenters. The Balaban J connectivity index is 1.17. The largest absolute Gasteiger partial charge is 0.309 e. The van der Waals surface area contributed by atoms with Crippen LogP contribution < -0.4 is 0 Å². The lowest BCUT2D eigenvalue weighted by atomic mass is 9.81. The van der Waals surface area contributed by atoms with Gasteiger partial charge in [-0.05, 0) is 64.4 Å². The zero-order valence-corrected chi connectivity index (χ0v) is 30.5. The normalized spacial score (nSPS) is 14.2. The molecule has 0 N–H and O–H groups in total. The summed E-state index contributed by atoms with van der Waals surface area (Å²) in [7, 11) is 0. The van der Waals surface area contributed by atoms with Gasteiger partial charge in [0, 0.05) is 48.0 Å². The lowest BCUT2D eigenvalue weighted by Crippen LogP contribution is -2.15. The van der Waals surface area contributed by atoms with E-state index in [1.54, 1.807) is 0 Å². The van der Waals surface area contributed by atoms with Crippen LogP contribution in [0.2, 0.25) is 0 Å². The summed E-state index contributed by atoms with van der Waals surface area (Å²) in [4.78, 5) is 6.58. The van der Waals surface area contributed by atoms with Gasteiger partial charge in [0.25, 0.3) is 0 Å². The Morgan fingerprint density at radius 2 is 1.51 bits per heavy atom.